The summed E-state index contributed by atoms with van der Waals surface area (Å²) in [7, 11) is 1.62. The van der Waals surface area contributed by atoms with Crippen LogP contribution < -0.4 is 4.74 Å². The Morgan fingerprint density at radius 2 is 2.25 bits per heavy atom. The van der Waals surface area contributed by atoms with Crippen LogP contribution in [0.3, 0.4) is 0 Å². The fourth-order valence-corrected chi connectivity index (χ4v) is 1.17. The molecule has 0 atom stereocenters. The first-order chi connectivity index (χ1) is 5.79. The third-order valence-electron chi connectivity index (χ3n) is 1.92. The van der Waals surface area contributed by atoms with Crippen molar-refractivity contribution >= 4 is 0 Å². The Kier molecular flexibility index (Phi) is 3.14. The first-order valence-corrected chi connectivity index (χ1v) is 4.28. The minimum Gasteiger partial charge on any atom is -0.479 e. The van der Waals surface area contributed by atoms with Crippen LogP contribution in [0.4, 0.5) is 0 Å². The van der Waals surface area contributed by atoms with Crippen LogP contribution >= 0.6 is 0 Å². The molecule has 0 unspecified atom stereocenters. The molecule has 0 bridgehead atoms. The first-order valence-electron chi connectivity index (χ1n) is 4.28. The number of hydrogen-bond acceptors (Lipinski definition) is 3. The maximum Gasteiger partial charge on any atom is 0.257 e. The Hall–Kier alpha value is -0.990. The second-order valence-corrected chi connectivity index (χ2v) is 2.83. The van der Waals surface area contributed by atoms with E-state index in [9.17, 15) is 0 Å². The molecule has 0 saturated heterocycles. The Morgan fingerprint density at radius 3 is 2.83 bits per heavy atom. The maximum atomic E-state index is 5.06. The van der Waals surface area contributed by atoms with Crippen LogP contribution in [0.25, 0.3) is 0 Å². The monoisotopic (exact) mass is 169 g/mol. The highest BCUT2D eigenvalue weighted by atomic mass is 16.5. The van der Waals surface area contributed by atoms with Crippen molar-refractivity contribution in [1.29, 1.82) is 0 Å². The summed E-state index contributed by atoms with van der Waals surface area (Å²) in [4.78, 5) is 0. The number of hydrogen-bond donors (Lipinski definition) is 0. The van der Waals surface area contributed by atoms with Gasteiger partial charge in [0.1, 0.15) is 5.76 Å². The molecule has 0 N–H and O–H groups in total. The largest absolute Gasteiger partial charge is 0.479 e. The second kappa shape index (κ2) is 4.14. The lowest BCUT2D eigenvalue weighted by Crippen LogP contribution is -1.90. The standard InChI is InChI=1S/C9H15NO2/c1-4-5-6-8-7(2)12-10-9(8)11-3/h4-6H2,1-3H3. The van der Waals surface area contributed by atoms with Crippen molar-refractivity contribution in [3.8, 4) is 5.88 Å². The van der Waals surface area contributed by atoms with Crippen molar-refractivity contribution in [3.05, 3.63) is 11.3 Å². The van der Waals surface area contributed by atoms with E-state index in [1.807, 2.05) is 6.92 Å². The number of methoxy groups -OCH3 is 1. The number of ether oxygens (including phenoxy) is 1. The van der Waals surface area contributed by atoms with Gasteiger partial charge < -0.3 is 9.26 Å². The van der Waals surface area contributed by atoms with E-state index in [1.165, 1.54) is 6.42 Å². The predicted molar refractivity (Wildman–Crippen MR) is 46.4 cm³/mol. The van der Waals surface area contributed by atoms with Gasteiger partial charge in [0.15, 0.2) is 0 Å². The first kappa shape index (κ1) is 9.10. The molecule has 0 radical (unpaired) electrons. The van der Waals surface area contributed by atoms with Gasteiger partial charge in [-0.2, -0.15) is 0 Å². The Labute approximate surface area is 72.7 Å². The van der Waals surface area contributed by atoms with Crippen LogP contribution in [-0.4, -0.2) is 12.3 Å². The predicted octanol–water partition coefficient (Wildman–Crippen LogP) is 2.33. The molecular formula is C9H15NO2. The van der Waals surface area contributed by atoms with Crippen molar-refractivity contribution in [2.75, 3.05) is 7.11 Å². The topological polar surface area (TPSA) is 35.3 Å². The minimum atomic E-state index is 0.640. The van der Waals surface area contributed by atoms with E-state index in [-0.39, 0.29) is 0 Å². The average molecular weight is 169 g/mol. The van der Waals surface area contributed by atoms with Gasteiger partial charge in [-0.05, 0) is 24.9 Å². The molecule has 0 saturated carbocycles. The third kappa shape index (κ3) is 1.78. The van der Waals surface area contributed by atoms with Crippen LogP contribution in [0.5, 0.6) is 5.88 Å². The third-order valence-corrected chi connectivity index (χ3v) is 1.92. The summed E-state index contributed by atoms with van der Waals surface area (Å²) in [5.41, 5.74) is 1.11. The number of nitrogens with zero attached hydrogens (tertiary/aromatic N) is 1. The fourth-order valence-electron chi connectivity index (χ4n) is 1.17. The van der Waals surface area contributed by atoms with Crippen molar-refractivity contribution in [2.45, 2.75) is 33.1 Å². The average Bonchev–Trinajstić information content (AvgIpc) is 2.43. The smallest absolute Gasteiger partial charge is 0.257 e. The summed E-state index contributed by atoms with van der Waals surface area (Å²) in [5.74, 6) is 1.52. The van der Waals surface area contributed by atoms with Crippen LogP contribution in [0, 0.1) is 6.92 Å². The van der Waals surface area contributed by atoms with Crippen LogP contribution in [0.15, 0.2) is 4.52 Å². The van der Waals surface area contributed by atoms with Crippen LogP contribution in [0.1, 0.15) is 31.1 Å². The van der Waals surface area contributed by atoms with Crippen molar-refractivity contribution in [2.24, 2.45) is 0 Å². The Balaban J connectivity index is 2.72. The molecule has 1 rings (SSSR count). The molecule has 0 aromatic carbocycles. The summed E-state index contributed by atoms with van der Waals surface area (Å²) in [6.45, 7) is 4.08. The van der Waals surface area contributed by atoms with Gasteiger partial charge in [0.05, 0.1) is 12.7 Å². The molecule has 0 fully saturated rings. The maximum absolute atomic E-state index is 5.06. The molecule has 0 spiro atoms. The lowest BCUT2D eigenvalue weighted by atomic mass is 10.1. The van der Waals surface area contributed by atoms with Gasteiger partial charge in [-0.1, -0.05) is 13.3 Å². The SMILES string of the molecule is CCCCc1c(OC)noc1C. The van der Waals surface area contributed by atoms with E-state index in [2.05, 4.69) is 12.1 Å². The van der Waals surface area contributed by atoms with E-state index in [1.54, 1.807) is 7.11 Å². The number of rotatable bonds is 4. The van der Waals surface area contributed by atoms with Crippen molar-refractivity contribution in [3.63, 3.8) is 0 Å². The van der Waals surface area contributed by atoms with Gasteiger partial charge >= 0.3 is 0 Å². The normalized spacial score (nSPS) is 10.2. The van der Waals surface area contributed by atoms with Crippen LogP contribution in [-0.2, 0) is 6.42 Å². The number of unbranched alkanes of at least 4 members (excludes halogenated alkanes) is 1. The minimum absolute atomic E-state index is 0.640. The molecule has 1 aromatic rings. The molecule has 0 aliphatic heterocycles. The molecule has 12 heavy (non-hydrogen) atoms. The lowest BCUT2D eigenvalue weighted by molar-refractivity contribution is 0.331. The van der Waals surface area contributed by atoms with E-state index in [0.717, 1.165) is 24.2 Å². The van der Waals surface area contributed by atoms with Gasteiger partial charge in [0, 0.05) is 0 Å². The zero-order valence-electron chi connectivity index (χ0n) is 7.89. The summed E-state index contributed by atoms with van der Waals surface area (Å²) in [5, 5.41) is 3.79. The van der Waals surface area contributed by atoms with Crippen molar-refractivity contribution < 1.29 is 9.26 Å². The molecule has 68 valence electrons. The molecular weight excluding hydrogens is 154 g/mol. The van der Waals surface area contributed by atoms with Gasteiger partial charge in [-0.3, -0.25) is 0 Å². The quantitative estimate of drug-likeness (QED) is 0.693. The van der Waals surface area contributed by atoms with Gasteiger partial charge in [0.2, 0.25) is 0 Å². The van der Waals surface area contributed by atoms with E-state index >= 15 is 0 Å². The molecule has 1 aromatic heterocycles. The molecule has 3 heteroatoms. The zero-order valence-corrected chi connectivity index (χ0v) is 7.89. The second-order valence-electron chi connectivity index (χ2n) is 2.83. The number of aromatic nitrogens is 1. The highest BCUT2D eigenvalue weighted by Gasteiger charge is 2.11. The van der Waals surface area contributed by atoms with E-state index in [4.69, 9.17) is 9.26 Å². The Morgan fingerprint density at radius 1 is 1.50 bits per heavy atom. The highest BCUT2D eigenvalue weighted by molar-refractivity contribution is 5.27. The fraction of sp³-hybridized carbons (Fsp3) is 0.667. The summed E-state index contributed by atoms with van der Waals surface area (Å²) >= 11 is 0. The lowest BCUT2D eigenvalue weighted by Gasteiger charge is -1.98. The zero-order chi connectivity index (χ0) is 8.97. The molecule has 0 aliphatic carbocycles. The number of aryl methyl sites for hydroxylation is 1. The van der Waals surface area contributed by atoms with Gasteiger partial charge in [-0.25, -0.2) is 0 Å². The van der Waals surface area contributed by atoms with E-state index < -0.39 is 0 Å². The Bertz CT molecular complexity index is 243. The van der Waals surface area contributed by atoms with Crippen molar-refractivity contribution in [1.82, 2.24) is 5.16 Å². The summed E-state index contributed by atoms with van der Waals surface area (Å²) in [6, 6.07) is 0. The summed E-state index contributed by atoms with van der Waals surface area (Å²) < 4.78 is 10.1. The molecule has 0 amide bonds. The summed E-state index contributed by atoms with van der Waals surface area (Å²) in [6.07, 6.45) is 3.32. The highest BCUT2D eigenvalue weighted by Crippen LogP contribution is 2.22. The molecule has 1 heterocycles. The van der Waals surface area contributed by atoms with Crippen LogP contribution in [0.2, 0.25) is 0 Å². The van der Waals surface area contributed by atoms with Gasteiger partial charge in [-0.15, -0.1) is 0 Å². The molecule has 0 aliphatic rings. The van der Waals surface area contributed by atoms with E-state index in [0.29, 0.717) is 5.88 Å². The van der Waals surface area contributed by atoms with Gasteiger partial charge in [0.25, 0.3) is 5.88 Å². The molecule has 3 nitrogen and oxygen atoms in total.